The maximum absolute atomic E-state index is 12.9. The van der Waals surface area contributed by atoms with E-state index in [2.05, 4.69) is 6.58 Å². The fourth-order valence-corrected chi connectivity index (χ4v) is 5.00. The molecular weight excluding hydrogens is 308 g/mol. The Morgan fingerprint density at radius 3 is 2.33 bits per heavy atom. The van der Waals surface area contributed by atoms with Crippen molar-refractivity contribution in [2.24, 2.45) is 10.8 Å². The quantitative estimate of drug-likeness (QED) is 0.540. The van der Waals surface area contributed by atoms with Crippen LogP contribution in [0.15, 0.2) is 23.8 Å². The Hall–Kier alpha value is -1.01. The van der Waals surface area contributed by atoms with Crippen molar-refractivity contribution in [1.82, 2.24) is 0 Å². The Kier molecular flexibility index (Phi) is 3.71. The number of hydrogen-bond donors (Lipinski definition) is 4. The van der Waals surface area contributed by atoms with Gasteiger partial charge in [-0.15, -0.1) is 6.58 Å². The predicted molar refractivity (Wildman–Crippen MR) is 89.1 cm³/mol. The van der Waals surface area contributed by atoms with Gasteiger partial charge in [-0.3, -0.25) is 4.79 Å². The van der Waals surface area contributed by atoms with Gasteiger partial charge in [0.2, 0.25) is 0 Å². The SMILES string of the molecule is C=CC1(C)CCC2(O)C3=C(C(=O)C(O)C2(O)C1)C(C)(C)CCC3O. The van der Waals surface area contributed by atoms with Gasteiger partial charge in [-0.2, -0.15) is 0 Å². The third-order valence-corrected chi connectivity index (χ3v) is 6.66. The molecule has 3 rings (SSSR count). The molecule has 5 nitrogen and oxygen atoms in total. The highest BCUT2D eigenvalue weighted by Gasteiger charge is 2.68. The van der Waals surface area contributed by atoms with E-state index in [9.17, 15) is 25.2 Å². The van der Waals surface area contributed by atoms with Crippen LogP contribution in [0, 0.1) is 10.8 Å². The van der Waals surface area contributed by atoms with Crippen LogP contribution in [0.25, 0.3) is 0 Å². The lowest BCUT2D eigenvalue weighted by molar-refractivity contribution is -0.229. The maximum Gasteiger partial charge on any atom is 0.191 e. The van der Waals surface area contributed by atoms with Crippen molar-refractivity contribution in [3.05, 3.63) is 23.8 Å². The zero-order valence-electron chi connectivity index (χ0n) is 14.7. The monoisotopic (exact) mass is 336 g/mol. The van der Waals surface area contributed by atoms with Gasteiger partial charge in [0.1, 0.15) is 17.3 Å². The summed E-state index contributed by atoms with van der Waals surface area (Å²) in [5.74, 6) is -0.575. The Bertz CT molecular complexity index is 636. The topological polar surface area (TPSA) is 98.0 Å². The van der Waals surface area contributed by atoms with Crippen LogP contribution in [0.3, 0.4) is 0 Å². The number of fused-ring (bicyclic) bond motifs is 2. The van der Waals surface area contributed by atoms with Crippen molar-refractivity contribution in [1.29, 1.82) is 0 Å². The van der Waals surface area contributed by atoms with Gasteiger partial charge in [0.05, 0.1) is 6.10 Å². The summed E-state index contributed by atoms with van der Waals surface area (Å²) in [5, 5.41) is 44.0. The van der Waals surface area contributed by atoms with E-state index < -0.39 is 40.0 Å². The summed E-state index contributed by atoms with van der Waals surface area (Å²) in [6, 6.07) is 0. The number of Topliss-reactive ketones (excluding diaryl/α,β-unsaturated/α-hetero) is 1. The van der Waals surface area contributed by atoms with E-state index in [0.29, 0.717) is 24.8 Å². The minimum absolute atomic E-state index is 0.0246. The molecule has 5 unspecified atom stereocenters. The van der Waals surface area contributed by atoms with Crippen LogP contribution in [-0.2, 0) is 4.79 Å². The Morgan fingerprint density at radius 1 is 1.12 bits per heavy atom. The van der Waals surface area contributed by atoms with E-state index >= 15 is 0 Å². The summed E-state index contributed by atoms with van der Waals surface area (Å²) in [6.07, 6.45) is 0.780. The van der Waals surface area contributed by atoms with Crippen molar-refractivity contribution >= 4 is 5.78 Å². The highest BCUT2D eigenvalue weighted by atomic mass is 16.4. The van der Waals surface area contributed by atoms with Crippen LogP contribution in [0.4, 0.5) is 0 Å². The molecule has 0 aliphatic heterocycles. The molecule has 5 atom stereocenters. The van der Waals surface area contributed by atoms with E-state index in [1.54, 1.807) is 6.08 Å². The average molecular weight is 336 g/mol. The first-order valence-corrected chi connectivity index (χ1v) is 8.66. The van der Waals surface area contributed by atoms with E-state index in [4.69, 9.17) is 0 Å². The molecule has 0 spiro atoms. The first kappa shape index (κ1) is 17.8. The summed E-state index contributed by atoms with van der Waals surface area (Å²) < 4.78 is 0. The Balaban J connectivity index is 2.25. The first-order valence-electron chi connectivity index (χ1n) is 8.66. The van der Waals surface area contributed by atoms with Crippen LogP contribution >= 0.6 is 0 Å². The summed E-state index contributed by atoms with van der Waals surface area (Å²) in [5.41, 5.74) is -4.34. The molecule has 24 heavy (non-hydrogen) atoms. The molecule has 0 bridgehead atoms. The molecule has 0 radical (unpaired) electrons. The minimum Gasteiger partial charge on any atom is -0.389 e. The van der Waals surface area contributed by atoms with Crippen molar-refractivity contribution in [3.63, 3.8) is 0 Å². The first-order chi connectivity index (χ1) is 10.9. The molecule has 3 aliphatic rings. The Labute approximate surface area is 142 Å². The number of hydrogen-bond acceptors (Lipinski definition) is 5. The molecule has 1 saturated carbocycles. The summed E-state index contributed by atoms with van der Waals surface area (Å²) in [4.78, 5) is 12.9. The number of ketones is 1. The molecule has 134 valence electrons. The standard InChI is InChI=1S/C19H28O5/c1-5-17(4)8-9-18(23)12-11(20)6-7-16(2,3)13(12)14(21)15(22)19(18,24)10-17/h5,11,15,20,22-24H,1,6-10H2,2-4H3. The van der Waals surface area contributed by atoms with Crippen LogP contribution < -0.4 is 0 Å². The van der Waals surface area contributed by atoms with Crippen LogP contribution in [0.1, 0.15) is 52.9 Å². The van der Waals surface area contributed by atoms with Gasteiger partial charge in [-0.25, -0.2) is 0 Å². The Morgan fingerprint density at radius 2 is 1.75 bits per heavy atom. The van der Waals surface area contributed by atoms with Crippen LogP contribution in [-0.4, -0.2) is 49.6 Å². The van der Waals surface area contributed by atoms with E-state index in [1.807, 2.05) is 20.8 Å². The van der Waals surface area contributed by atoms with Gasteiger partial charge in [0.15, 0.2) is 5.78 Å². The lowest BCUT2D eigenvalue weighted by Crippen LogP contribution is -2.72. The van der Waals surface area contributed by atoms with E-state index in [0.717, 1.165) is 0 Å². The van der Waals surface area contributed by atoms with Gasteiger partial charge in [0, 0.05) is 5.57 Å². The van der Waals surface area contributed by atoms with Crippen molar-refractivity contribution in [3.8, 4) is 0 Å². The second kappa shape index (κ2) is 5.01. The minimum atomic E-state index is -2.02. The van der Waals surface area contributed by atoms with Gasteiger partial charge < -0.3 is 20.4 Å². The van der Waals surface area contributed by atoms with E-state index in [-0.39, 0.29) is 18.4 Å². The zero-order chi connectivity index (χ0) is 18.1. The largest absolute Gasteiger partial charge is 0.389 e. The second-order valence-corrected chi connectivity index (χ2v) is 8.81. The number of rotatable bonds is 1. The third kappa shape index (κ3) is 2.05. The predicted octanol–water partition coefficient (Wildman–Crippen LogP) is 1.25. The molecule has 0 aromatic carbocycles. The summed E-state index contributed by atoms with van der Waals surface area (Å²) >= 11 is 0. The molecule has 1 fully saturated rings. The molecule has 4 N–H and O–H groups in total. The molecule has 0 heterocycles. The van der Waals surface area contributed by atoms with Gasteiger partial charge in [-0.05, 0) is 48.5 Å². The summed E-state index contributed by atoms with van der Waals surface area (Å²) in [7, 11) is 0. The molecule has 0 aromatic rings. The molecule has 3 aliphatic carbocycles. The van der Waals surface area contributed by atoms with Gasteiger partial charge in [0.25, 0.3) is 0 Å². The van der Waals surface area contributed by atoms with E-state index in [1.165, 1.54) is 0 Å². The van der Waals surface area contributed by atoms with Crippen LogP contribution in [0.2, 0.25) is 0 Å². The van der Waals surface area contributed by atoms with Gasteiger partial charge >= 0.3 is 0 Å². The average Bonchev–Trinajstić information content (AvgIpc) is 2.51. The zero-order valence-corrected chi connectivity index (χ0v) is 14.7. The normalized spacial score (nSPS) is 47.9. The lowest BCUT2D eigenvalue weighted by Gasteiger charge is -2.59. The molecule has 5 heteroatoms. The number of allylic oxidation sites excluding steroid dienone is 1. The maximum atomic E-state index is 12.9. The third-order valence-electron chi connectivity index (χ3n) is 6.66. The number of carbonyl (C=O) groups is 1. The van der Waals surface area contributed by atoms with Crippen molar-refractivity contribution < 1.29 is 25.2 Å². The molecule has 0 amide bonds. The second-order valence-electron chi connectivity index (χ2n) is 8.81. The molecule has 0 aromatic heterocycles. The van der Waals surface area contributed by atoms with Crippen LogP contribution in [0.5, 0.6) is 0 Å². The smallest absolute Gasteiger partial charge is 0.191 e. The highest BCUT2D eigenvalue weighted by Crippen LogP contribution is 2.59. The van der Waals surface area contributed by atoms with Gasteiger partial charge in [-0.1, -0.05) is 26.8 Å². The van der Waals surface area contributed by atoms with Crippen molar-refractivity contribution in [2.75, 3.05) is 0 Å². The number of carbonyl (C=O) groups excluding carboxylic acids is 1. The summed E-state index contributed by atoms with van der Waals surface area (Å²) in [6.45, 7) is 9.44. The number of aliphatic hydroxyl groups excluding tert-OH is 2. The molecule has 0 saturated heterocycles. The molecular formula is C19H28O5. The highest BCUT2D eigenvalue weighted by molar-refractivity contribution is 6.03. The number of aliphatic hydroxyl groups is 4. The fraction of sp³-hybridized carbons (Fsp3) is 0.737. The fourth-order valence-electron chi connectivity index (χ4n) is 5.00. The lowest BCUT2D eigenvalue weighted by atomic mass is 9.50. The van der Waals surface area contributed by atoms with Crippen molar-refractivity contribution in [2.45, 2.75) is 76.3 Å².